The van der Waals surface area contributed by atoms with Gasteiger partial charge >= 0.3 is 0 Å². The van der Waals surface area contributed by atoms with Gasteiger partial charge in [0.1, 0.15) is 12.4 Å². The van der Waals surface area contributed by atoms with Crippen LogP contribution < -0.4 is 10.1 Å². The Hall–Kier alpha value is -1.97. The first kappa shape index (κ1) is 17.8. The fourth-order valence-electron chi connectivity index (χ4n) is 2.50. The van der Waals surface area contributed by atoms with E-state index in [1.165, 1.54) is 11.1 Å². The monoisotopic (exact) mass is 415 g/mol. The summed E-state index contributed by atoms with van der Waals surface area (Å²) in [5.41, 5.74) is 4.55. The third-order valence-corrected chi connectivity index (χ3v) is 4.81. The zero-order chi connectivity index (χ0) is 17.6. The fraction of sp³-hybridized carbons (Fsp3) is 0.143. The predicted octanol–water partition coefficient (Wildman–Crippen LogP) is 6.60. The lowest BCUT2D eigenvalue weighted by Gasteiger charge is -2.11. The summed E-state index contributed by atoms with van der Waals surface area (Å²) in [6.45, 7) is 3.33. The maximum absolute atomic E-state index is 6.15. The van der Waals surface area contributed by atoms with Crippen molar-refractivity contribution in [2.75, 3.05) is 5.32 Å². The minimum absolute atomic E-state index is 0.468. The van der Waals surface area contributed by atoms with Crippen molar-refractivity contribution in [2.45, 2.75) is 20.1 Å². The SMILES string of the molecule is Cc1cc(Br)ccc1NCc1ccc(OCc2ccccc2Cl)cc1. The van der Waals surface area contributed by atoms with Gasteiger partial charge in [-0.1, -0.05) is 57.9 Å². The van der Waals surface area contributed by atoms with E-state index in [4.69, 9.17) is 16.3 Å². The summed E-state index contributed by atoms with van der Waals surface area (Å²) in [6.07, 6.45) is 0. The van der Waals surface area contributed by atoms with Crippen LogP contribution in [0.25, 0.3) is 0 Å². The van der Waals surface area contributed by atoms with E-state index in [9.17, 15) is 0 Å². The van der Waals surface area contributed by atoms with Crippen molar-refractivity contribution < 1.29 is 4.74 Å². The quantitative estimate of drug-likeness (QED) is 0.488. The van der Waals surface area contributed by atoms with E-state index in [1.807, 2.05) is 42.5 Å². The molecule has 3 aromatic rings. The summed E-state index contributed by atoms with van der Waals surface area (Å²) >= 11 is 9.63. The van der Waals surface area contributed by atoms with Gasteiger partial charge in [0.05, 0.1) is 0 Å². The van der Waals surface area contributed by atoms with E-state index in [0.717, 1.165) is 33.0 Å². The van der Waals surface area contributed by atoms with Crippen molar-refractivity contribution in [2.24, 2.45) is 0 Å². The summed E-state index contributed by atoms with van der Waals surface area (Å²) in [4.78, 5) is 0. The molecule has 0 aliphatic rings. The van der Waals surface area contributed by atoms with Crippen LogP contribution in [0.1, 0.15) is 16.7 Å². The van der Waals surface area contributed by atoms with Crippen molar-refractivity contribution in [1.29, 1.82) is 0 Å². The van der Waals surface area contributed by atoms with Gasteiger partial charge < -0.3 is 10.1 Å². The van der Waals surface area contributed by atoms with Gasteiger partial charge in [0.15, 0.2) is 0 Å². The number of halogens is 2. The first-order chi connectivity index (χ1) is 12.1. The van der Waals surface area contributed by atoms with Gasteiger partial charge in [-0.3, -0.25) is 0 Å². The number of rotatable bonds is 6. The fourth-order valence-corrected chi connectivity index (χ4v) is 3.17. The molecule has 0 unspecified atom stereocenters. The highest BCUT2D eigenvalue weighted by Gasteiger charge is 2.02. The summed E-state index contributed by atoms with van der Waals surface area (Å²) in [5, 5.41) is 4.19. The maximum Gasteiger partial charge on any atom is 0.119 e. The van der Waals surface area contributed by atoms with Crippen LogP contribution >= 0.6 is 27.5 Å². The molecule has 0 radical (unpaired) electrons. The first-order valence-corrected chi connectivity index (χ1v) is 9.24. The standard InChI is InChI=1S/C21H19BrClNO/c1-15-12-18(22)8-11-21(15)24-13-16-6-9-19(10-7-16)25-14-17-4-2-3-5-20(17)23/h2-12,24H,13-14H2,1H3. The number of ether oxygens (including phenoxy) is 1. The van der Waals surface area contributed by atoms with Gasteiger partial charge in [0, 0.05) is 27.3 Å². The average molecular weight is 417 g/mol. The van der Waals surface area contributed by atoms with E-state index < -0.39 is 0 Å². The summed E-state index contributed by atoms with van der Waals surface area (Å²) in [6, 6.07) is 22.1. The molecule has 0 atom stereocenters. The van der Waals surface area contributed by atoms with E-state index in [-0.39, 0.29) is 0 Å². The number of benzene rings is 3. The molecule has 0 saturated carbocycles. The largest absolute Gasteiger partial charge is 0.489 e. The topological polar surface area (TPSA) is 21.3 Å². The molecule has 2 nitrogen and oxygen atoms in total. The first-order valence-electron chi connectivity index (χ1n) is 8.07. The highest BCUT2D eigenvalue weighted by molar-refractivity contribution is 9.10. The van der Waals surface area contributed by atoms with Crippen LogP contribution in [0.15, 0.2) is 71.2 Å². The molecule has 0 amide bonds. The molecule has 1 N–H and O–H groups in total. The molecule has 3 aromatic carbocycles. The molecule has 0 heterocycles. The molecule has 4 heteroatoms. The lowest BCUT2D eigenvalue weighted by Crippen LogP contribution is -2.01. The maximum atomic E-state index is 6.15. The van der Waals surface area contributed by atoms with Crippen LogP contribution in [0.4, 0.5) is 5.69 Å². The van der Waals surface area contributed by atoms with Crippen LogP contribution in [-0.2, 0) is 13.2 Å². The van der Waals surface area contributed by atoms with Crippen molar-refractivity contribution in [3.05, 3.63) is 92.9 Å². The molecule has 25 heavy (non-hydrogen) atoms. The molecule has 0 aliphatic heterocycles. The van der Waals surface area contributed by atoms with Crippen LogP contribution in [0.3, 0.4) is 0 Å². The molecule has 0 aromatic heterocycles. The second kappa shape index (κ2) is 8.41. The molecule has 0 bridgehead atoms. The van der Waals surface area contributed by atoms with Gasteiger partial charge in [0.25, 0.3) is 0 Å². The van der Waals surface area contributed by atoms with Gasteiger partial charge in [-0.2, -0.15) is 0 Å². The van der Waals surface area contributed by atoms with E-state index in [1.54, 1.807) is 0 Å². The minimum Gasteiger partial charge on any atom is -0.489 e. The summed E-state index contributed by atoms with van der Waals surface area (Å²) < 4.78 is 6.91. The number of anilines is 1. The smallest absolute Gasteiger partial charge is 0.119 e. The summed E-state index contributed by atoms with van der Waals surface area (Å²) in [7, 11) is 0. The highest BCUT2D eigenvalue weighted by Crippen LogP contribution is 2.22. The molecule has 3 rings (SSSR count). The van der Waals surface area contributed by atoms with Crippen molar-refractivity contribution in [3.8, 4) is 5.75 Å². The molecular weight excluding hydrogens is 398 g/mol. The Balaban J connectivity index is 1.56. The molecule has 0 spiro atoms. The highest BCUT2D eigenvalue weighted by atomic mass is 79.9. The molecule has 0 fully saturated rings. The Labute approximate surface area is 161 Å². The zero-order valence-corrected chi connectivity index (χ0v) is 16.3. The number of aryl methyl sites for hydroxylation is 1. The van der Waals surface area contributed by atoms with Crippen LogP contribution in [-0.4, -0.2) is 0 Å². The lowest BCUT2D eigenvalue weighted by molar-refractivity contribution is 0.306. The van der Waals surface area contributed by atoms with Crippen molar-refractivity contribution >= 4 is 33.2 Å². The molecule has 0 saturated heterocycles. The minimum atomic E-state index is 0.468. The van der Waals surface area contributed by atoms with Crippen molar-refractivity contribution in [1.82, 2.24) is 0 Å². The van der Waals surface area contributed by atoms with Crippen molar-refractivity contribution in [3.63, 3.8) is 0 Å². The normalized spacial score (nSPS) is 10.5. The van der Waals surface area contributed by atoms with E-state index in [2.05, 4.69) is 52.4 Å². The Bertz CT molecular complexity index is 849. The Morgan fingerprint density at radius 3 is 2.48 bits per heavy atom. The molecule has 0 aliphatic carbocycles. The molecule has 128 valence electrons. The Morgan fingerprint density at radius 2 is 1.76 bits per heavy atom. The van der Waals surface area contributed by atoms with Gasteiger partial charge in [-0.25, -0.2) is 0 Å². The van der Waals surface area contributed by atoms with E-state index >= 15 is 0 Å². The Morgan fingerprint density at radius 1 is 1.00 bits per heavy atom. The third-order valence-electron chi connectivity index (χ3n) is 3.95. The van der Waals surface area contributed by atoms with Gasteiger partial charge in [-0.05, 0) is 54.4 Å². The predicted molar refractivity (Wildman–Crippen MR) is 108 cm³/mol. The van der Waals surface area contributed by atoms with Crippen LogP contribution in [0, 0.1) is 6.92 Å². The average Bonchev–Trinajstić information content (AvgIpc) is 2.61. The lowest BCUT2D eigenvalue weighted by atomic mass is 10.1. The number of nitrogens with one attached hydrogen (secondary N) is 1. The summed E-state index contributed by atoms with van der Waals surface area (Å²) in [5.74, 6) is 0.837. The third kappa shape index (κ3) is 5.00. The van der Waals surface area contributed by atoms with Gasteiger partial charge in [0.2, 0.25) is 0 Å². The van der Waals surface area contributed by atoms with E-state index in [0.29, 0.717) is 6.61 Å². The number of hydrogen-bond donors (Lipinski definition) is 1. The number of hydrogen-bond acceptors (Lipinski definition) is 2. The van der Waals surface area contributed by atoms with Gasteiger partial charge in [-0.15, -0.1) is 0 Å². The second-order valence-corrected chi connectivity index (χ2v) is 7.16. The molecular formula is C21H19BrClNO. The van der Waals surface area contributed by atoms with Crippen LogP contribution in [0.5, 0.6) is 5.75 Å². The second-order valence-electron chi connectivity index (χ2n) is 5.84. The van der Waals surface area contributed by atoms with Crippen LogP contribution in [0.2, 0.25) is 5.02 Å². The zero-order valence-electron chi connectivity index (χ0n) is 13.9. The Kier molecular flexibility index (Phi) is 6.00.